The van der Waals surface area contributed by atoms with Crippen LogP contribution in [0.5, 0.6) is 0 Å². The summed E-state index contributed by atoms with van der Waals surface area (Å²) in [5.74, 6) is -90.1. The lowest BCUT2D eigenvalue weighted by atomic mass is 9.85. The molecular formula is C12H2F24O. The summed E-state index contributed by atoms with van der Waals surface area (Å²) < 4.78 is 309. The van der Waals surface area contributed by atoms with E-state index in [-0.39, 0.29) is 0 Å². The van der Waals surface area contributed by atoms with Crippen molar-refractivity contribution in [2.24, 2.45) is 0 Å². The van der Waals surface area contributed by atoms with Crippen molar-refractivity contribution < 1.29 is 110 Å². The molecule has 0 aliphatic heterocycles. The zero-order valence-corrected chi connectivity index (χ0v) is 15.6. The Kier molecular flexibility index (Phi) is 8.00. The predicted octanol–water partition coefficient (Wildman–Crippen LogP) is 7.19. The fourth-order valence-electron chi connectivity index (χ4n) is 1.92. The molecule has 25 heteroatoms. The van der Waals surface area contributed by atoms with E-state index in [0.717, 1.165) is 0 Å². The first-order valence-electron chi connectivity index (χ1n) is 7.61. The summed E-state index contributed by atoms with van der Waals surface area (Å²) in [6, 6.07) is 0. The minimum absolute atomic E-state index is 5.77. The summed E-state index contributed by atoms with van der Waals surface area (Å²) >= 11 is 0. The van der Waals surface area contributed by atoms with E-state index in [1.54, 1.807) is 0 Å². The van der Waals surface area contributed by atoms with Gasteiger partial charge in [0.15, 0.2) is 0 Å². The molecule has 1 atom stereocenters. The highest BCUT2D eigenvalue weighted by Gasteiger charge is 2.99. The van der Waals surface area contributed by atoms with Crippen molar-refractivity contribution in [3.05, 3.63) is 0 Å². The quantitative estimate of drug-likeness (QED) is 0.257. The molecule has 0 fully saturated rings. The standard InChI is InChI=1S/C12H2F24O/c13-1(37)2(14,15)3(16,17)4(18,19)5(20,21)6(22,23)7(24,25)8(26,27)9(28,29)10(30,31)11(32,33)12(34,35)36/h1,37H. The molecular weight excluding hydrogens is 616 g/mol. The molecule has 0 radical (unpaired) electrons. The Morgan fingerprint density at radius 3 is 0.622 bits per heavy atom. The molecule has 0 amide bonds. The third kappa shape index (κ3) is 4.02. The molecule has 0 heterocycles. The second-order valence-corrected chi connectivity index (χ2v) is 6.63. The van der Waals surface area contributed by atoms with Gasteiger partial charge in [-0.2, -0.15) is 101 Å². The molecule has 0 spiro atoms. The molecule has 1 unspecified atom stereocenters. The van der Waals surface area contributed by atoms with Crippen molar-refractivity contribution in [3.8, 4) is 0 Å². The van der Waals surface area contributed by atoms with E-state index in [4.69, 9.17) is 5.11 Å². The molecule has 0 aromatic rings. The summed E-state index contributed by atoms with van der Waals surface area (Å²) in [5.41, 5.74) is 0. The van der Waals surface area contributed by atoms with Crippen molar-refractivity contribution in [2.75, 3.05) is 0 Å². The monoisotopic (exact) mass is 618 g/mol. The molecule has 1 N–H and O–H groups in total. The summed E-state index contributed by atoms with van der Waals surface area (Å²) in [4.78, 5) is 0. The second-order valence-electron chi connectivity index (χ2n) is 6.63. The Labute approximate surface area is 184 Å². The van der Waals surface area contributed by atoms with Gasteiger partial charge in [-0.15, -0.1) is 0 Å². The van der Waals surface area contributed by atoms with Gasteiger partial charge >= 0.3 is 65.4 Å². The van der Waals surface area contributed by atoms with Crippen LogP contribution in [0.25, 0.3) is 0 Å². The lowest BCUT2D eigenvalue weighted by Gasteiger charge is -2.45. The minimum atomic E-state index is -9.51. The van der Waals surface area contributed by atoms with Crippen LogP contribution < -0.4 is 0 Å². The maximum absolute atomic E-state index is 13.4. The third-order valence-electron chi connectivity index (χ3n) is 4.23. The molecule has 0 aliphatic carbocycles. The molecule has 0 aromatic carbocycles. The van der Waals surface area contributed by atoms with Crippen LogP contribution in [0.1, 0.15) is 0 Å². The van der Waals surface area contributed by atoms with Crippen LogP contribution in [0, 0.1) is 0 Å². The van der Waals surface area contributed by atoms with Gasteiger partial charge in [-0.3, -0.25) is 0 Å². The van der Waals surface area contributed by atoms with Crippen molar-refractivity contribution in [3.63, 3.8) is 0 Å². The lowest BCUT2D eigenvalue weighted by molar-refractivity contribution is -0.480. The molecule has 0 rings (SSSR count). The first kappa shape index (κ1) is 35.3. The number of aliphatic hydroxyl groups is 1. The van der Waals surface area contributed by atoms with Gasteiger partial charge in [0.1, 0.15) is 0 Å². The Morgan fingerprint density at radius 2 is 0.459 bits per heavy atom. The van der Waals surface area contributed by atoms with Gasteiger partial charge in [-0.1, -0.05) is 0 Å². The number of hydrogen-bond acceptors (Lipinski definition) is 1. The first-order chi connectivity index (χ1) is 15.4. The highest BCUT2D eigenvalue weighted by atomic mass is 19.4. The predicted molar refractivity (Wildman–Crippen MR) is 62.6 cm³/mol. The Bertz CT molecular complexity index is 831. The molecule has 0 aromatic heterocycles. The van der Waals surface area contributed by atoms with Gasteiger partial charge in [0, 0.05) is 0 Å². The van der Waals surface area contributed by atoms with E-state index in [1.165, 1.54) is 0 Å². The minimum Gasteiger partial charge on any atom is -0.359 e. The topological polar surface area (TPSA) is 20.2 Å². The van der Waals surface area contributed by atoms with Gasteiger partial charge in [0.25, 0.3) is 6.36 Å². The SMILES string of the molecule is OC(F)C(F)(F)C(F)(F)C(F)(F)C(F)(F)C(F)(F)C(F)(F)C(F)(F)C(F)(F)C(F)(F)C(F)(F)C(F)(F)F. The maximum Gasteiger partial charge on any atom is 0.460 e. The van der Waals surface area contributed by atoms with Crippen LogP contribution in [0.4, 0.5) is 105 Å². The molecule has 0 saturated carbocycles. The van der Waals surface area contributed by atoms with E-state index >= 15 is 0 Å². The van der Waals surface area contributed by atoms with Gasteiger partial charge in [-0.25, -0.2) is 4.39 Å². The largest absolute Gasteiger partial charge is 0.460 e. The fourth-order valence-corrected chi connectivity index (χ4v) is 1.92. The highest BCUT2D eigenvalue weighted by molar-refractivity contribution is 5.19. The number of alkyl halides is 24. The summed E-state index contributed by atoms with van der Waals surface area (Å²) in [6.07, 6.45) is -13.9. The summed E-state index contributed by atoms with van der Waals surface area (Å²) in [6.45, 7) is 0. The zero-order chi connectivity index (χ0) is 31.1. The van der Waals surface area contributed by atoms with Gasteiger partial charge in [0.2, 0.25) is 0 Å². The average Bonchev–Trinajstić information content (AvgIpc) is 2.65. The number of aliphatic hydroxyl groups excluding tert-OH is 1. The number of rotatable bonds is 10. The van der Waals surface area contributed by atoms with Crippen molar-refractivity contribution in [1.29, 1.82) is 0 Å². The van der Waals surface area contributed by atoms with Crippen molar-refractivity contribution in [2.45, 2.75) is 71.8 Å². The van der Waals surface area contributed by atoms with E-state index in [2.05, 4.69) is 0 Å². The Hall–Kier alpha value is -1.72. The zero-order valence-electron chi connectivity index (χ0n) is 15.6. The molecule has 224 valence electrons. The molecule has 0 bridgehead atoms. The smallest absolute Gasteiger partial charge is 0.359 e. The molecule has 1 nitrogen and oxygen atoms in total. The van der Waals surface area contributed by atoms with Crippen LogP contribution in [0.3, 0.4) is 0 Å². The van der Waals surface area contributed by atoms with E-state index in [1.807, 2.05) is 0 Å². The average molecular weight is 618 g/mol. The van der Waals surface area contributed by atoms with Crippen molar-refractivity contribution >= 4 is 0 Å². The molecule has 0 aliphatic rings. The lowest BCUT2D eigenvalue weighted by Crippen LogP contribution is -2.78. The number of hydrogen-bond donors (Lipinski definition) is 1. The summed E-state index contributed by atoms with van der Waals surface area (Å²) in [5, 5.41) is 7.60. The molecule has 37 heavy (non-hydrogen) atoms. The van der Waals surface area contributed by atoms with Gasteiger partial charge < -0.3 is 5.11 Å². The van der Waals surface area contributed by atoms with Crippen LogP contribution >= 0.6 is 0 Å². The van der Waals surface area contributed by atoms with E-state index in [9.17, 15) is 105 Å². The number of halogens is 24. The van der Waals surface area contributed by atoms with Crippen molar-refractivity contribution in [1.82, 2.24) is 0 Å². The molecule has 0 saturated heterocycles. The Morgan fingerprint density at radius 1 is 0.297 bits per heavy atom. The van der Waals surface area contributed by atoms with Crippen LogP contribution in [0.15, 0.2) is 0 Å². The normalized spacial score (nSPS) is 17.8. The Balaban J connectivity index is 7.22. The second kappa shape index (κ2) is 8.39. The van der Waals surface area contributed by atoms with Crippen LogP contribution in [0.2, 0.25) is 0 Å². The third-order valence-corrected chi connectivity index (χ3v) is 4.23. The summed E-state index contributed by atoms with van der Waals surface area (Å²) in [7, 11) is 0. The van der Waals surface area contributed by atoms with Crippen LogP contribution in [-0.4, -0.2) is 76.9 Å². The highest BCUT2D eigenvalue weighted by Crippen LogP contribution is 2.67. The van der Waals surface area contributed by atoms with E-state index < -0.39 is 71.8 Å². The first-order valence-corrected chi connectivity index (χ1v) is 7.61. The fraction of sp³-hybridized carbons (Fsp3) is 1.00. The maximum atomic E-state index is 13.4. The van der Waals surface area contributed by atoms with E-state index in [0.29, 0.717) is 0 Å². The van der Waals surface area contributed by atoms with Gasteiger partial charge in [-0.05, 0) is 0 Å². The van der Waals surface area contributed by atoms with Gasteiger partial charge in [0.05, 0.1) is 0 Å². The van der Waals surface area contributed by atoms with Crippen LogP contribution in [-0.2, 0) is 0 Å².